The third kappa shape index (κ3) is 2.97. The van der Waals surface area contributed by atoms with Crippen molar-refractivity contribution >= 4 is 5.82 Å². The van der Waals surface area contributed by atoms with Crippen molar-refractivity contribution in [2.45, 2.75) is 13.0 Å². The molecule has 0 saturated heterocycles. The normalized spacial score (nSPS) is 10.8. The number of halogens is 1. The number of nitro groups is 1. The van der Waals surface area contributed by atoms with Crippen molar-refractivity contribution in [3.05, 3.63) is 58.4 Å². The van der Waals surface area contributed by atoms with Gasteiger partial charge in [0.15, 0.2) is 0 Å². The van der Waals surface area contributed by atoms with Crippen LogP contribution in [0.25, 0.3) is 11.4 Å². The quantitative estimate of drug-likeness (QED) is 0.529. The molecule has 0 saturated carbocycles. The van der Waals surface area contributed by atoms with Crippen LogP contribution in [0.3, 0.4) is 0 Å². The number of aromatic nitrogens is 4. The topological polar surface area (TPSA) is 99.9 Å². The molecule has 0 amide bonds. The molecular weight excluding hydrogens is 293 g/mol. The van der Waals surface area contributed by atoms with E-state index in [2.05, 4.69) is 15.2 Å². The molecule has 0 aliphatic heterocycles. The van der Waals surface area contributed by atoms with Gasteiger partial charge in [-0.25, -0.2) is 4.39 Å². The number of hydrogen-bond donors (Lipinski definition) is 0. The minimum atomic E-state index is -0.560. The maximum absolute atomic E-state index is 12.9. The molecule has 3 aromatic rings. The van der Waals surface area contributed by atoms with Gasteiger partial charge >= 0.3 is 5.82 Å². The summed E-state index contributed by atoms with van der Waals surface area (Å²) in [4.78, 5) is 14.2. The van der Waals surface area contributed by atoms with Gasteiger partial charge in [-0.15, -0.1) is 0 Å². The van der Waals surface area contributed by atoms with E-state index in [-0.39, 0.29) is 11.6 Å². The lowest BCUT2D eigenvalue weighted by molar-refractivity contribution is -0.389. The molecule has 2 aromatic heterocycles. The van der Waals surface area contributed by atoms with Crippen LogP contribution in [0, 0.1) is 15.9 Å². The second-order valence-corrected chi connectivity index (χ2v) is 4.46. The first-order valence-electron chi connectivity index (χ1n) is 6.38. The van der Waals surface area contributed by atoms with Crippen LogP contribution in [0.15, 0.2) is 41.1 Å². The van der Waals surface area contributed by atoms with Gasteiger partial charge < -0.3 is 14.6 Å². The molecule has 0 atom stereocenters. The Bertz CT molecular complexity index is 796. The van der Waals surface area contributed by atoms with E-state index in [1.807, 2.05) is 0 Å². The summed E-state index contributed by atoms with van der Waals surface area (Å²) in [5, 5.41) is 18.1. The van der Waals surface area contributed by atoms with E-state index < -0.39 is 4.92 Å². The van der Waals surface area contributed by atoms with Crippen molar-refractivity contribution in [1.29, 1.82) is 0 Å². The summed E-state index contributed by atoms with van der Waals surface area (Å²) in [6.07, 6.45) is 1.89. The minimum absolute atomic E-state index is 0.211. The molecule has 0 aliphatic carbocycles. The zero-order valence-electron chi connectivity index (χ0n) is 11.2. The molecule has 2 heterocycles. The summed E-state index contributed by atoms with van der Waals surface area (Å²) in [6.45, 7) is 0.374. The molecule has 0 fully saturated rings. The van der Waals surface area contributed by atoms with Crippen molar-refractivity contribution < 1.29 is 13.8 Å². The van der Waals surface area contributed by atoms with E-state index in [4.69, 9.17) is 4.52 Å². The molecule has 0 bridgehead atoms. The molecule has 0 radical (unpaired) electrons. The van der Waals surface area contributed by atoms with E-state index in [0.717, 1.165) is 0 Å². The number of benzene rings is 1. The van der Waals surface area contributed by atoms with Crippen molar-refractivity contribution in [2.75, 3.05) is 0 Å². The van der Waals surface area contributed by atoms with Crippen molar-refractivity contribution in [1.82, 2.24) is 19.9 Å². The van der Waals surface area contributed by atoms with Crippen LogP contribution in [-0.2, 0) is 13.0 Å². The predicted octanol–water partition coefficient (Wildman–Crippen LogP) is 2.22. The van der Waals surface area contributed by atoms with Gasteiger partial charge in [-0.3, -0.25) is 0 Å². The van der Waals surface area contributed by atoms with Gasteiger partial charge in [-0.05, 0) is 29.2 Å². The first kappa shape index (κ1) is 13.9. The van der Waals surface area contributed by atoms with Crippen molar-refractivity contribution in [3.63, 3.8) is 0 Å². The van der Waals surface area contributed by atoms with Gasteiger partial charge in [-0.2, -0.15) is 9.67 Å². The van der Waals surface area contributed by atoms with E-state index in [1.165, 1.54) is 29.1 Å². The maximum atomic E-state index is 12.9. The van der Waals surface area contributed by atoms with Gasteiger partial charge in [0.1, 0.15) is 5.82 Å². The fraction of sp³-hybridized carbons (Fsp3) is 0.154. The Hall–Kier alpha value is -3.10. The Balaban J connectivity index is 1.66. The maximum Gasteiger partial charge on any atom is 0.389 e. The van der Waals surface area contributed by atoms with E-state index in [0.29, 0.717) is 30.2 Å². The van der Waals surface area contributed by atoms with Crippen LogP contribution >= 0.6 is 0 Å². The monoisotopic (exact) mass is 303 g/mol. The number of rotatable bonds is 5. The third-order valence-electron chi connectivity index (χ3n) is 2.94. The molecule has 0 N–H and O–H groups in total. The van der Waals surface area contributed by atoms with Crippen LogP contribution in [0.2, 0.25) is 0 Å². The highest BCUT2D eigenvalue weighted by molar-refractivity contribution is 5.53. The standard InChI is InChI=1S/C13H10FN5O3/c14-10-3-1-9(2-4-10)13-15-12(22-17-13)6-8-18-7-5-11(16-18)19(20)21/h1-5,7H,6,8H2. The van der Waals surface area contributed by atoms with Gasteiger partial charge in [0.25, 0.3) is 0 Å². The first-order valence-corrected chi connectivity index (χ1v) is 6.38. The summed E-state index contributed by atoms with van der Waals surface area (Å²) < 4.78 is 19.4. The Morgan fingerprint density at radius 3 is 2.73 bits per heavy atom. The molecule has 1 aromatic carbocycles. The van der Waals surface area contributed by atoms with Gasteiger partial charge in [0.05, 0.1) is 23.9 Å². The number of nitrogens with zero attached hydrogens (tertiary/aromatic N) is 5. The zero-order valence-corrected chi connectivity index (χ0v) is 11.2. The van der Waals surface area contributed by atoms with E-state index in [1.54, 1.807) is 12.1 Å². The Labute approximate surface area is 123 Å². The summed E-state index contributed by atoms with van der Waals surface area (Å²) in [5.74, 6) is 0.184. The van der Waals surface area contributed by atoms with Crippen LogP contribution in [-0.4, -0.2) is 24.8 Å². The van der Waals surface area contributed by atoms with Crippen molar-refractivity contribution in [2.24, 2.45) is 0 Å². The second kappa shape index (κ2) is 5.72. The Morgan fingerprint density at radius 2 is 2.05 bits per heavy atom. The average Bonchev–Trinajstić information content (AvgIpc) is 3.15. The molecule has 8 nitrogen and oxygen atoms in total. The lowest BCUT2D eigenvalue weighted by Gasteiger charge is -1.93. The highest BCUT2D eigenvalue weighted by Gasteiger charge is 2.13. The van der Waals surface area contributed by atoms with E-state index >= 15 is 0 Å². The van der Waals surface area contributed by atoms with Crippen molar-refractivity contribution in [3.8, 4) is 11.4 Å². The second-order valence-electron chi connectivity index (χ2n) is 4.46. The SMILES string of the molecule is O=[N+]([O-])c1ccn(CCc2nc(-c3ccc(F)cc3)no2)n1. The molecule has 112 valence electrons. The van der Waals surface area contributed by atoms with Crippen LogP contribution in [0.5, 0.6) is 0 Å². The summed E-state index contributed by atoms with van der Waals surface area (Å²) >= 11 is 0. The Kier molecular flexibility index (Phi) is 3.60. The molecule has 22 heavy (non-hydrogen) atoms. The number of aryl methyl sites for hydroxylation is 2. The minimum Gasteiger partial charge on any atom is -0.358 e. The molecule has 3 rings (SSSR count). The average molecular weight is 303 g/mol. The third-order valence-corrected chi connectivity index (χ3v) is 2.94. The fourth-order valence-electron chi connectivity index (χ4n) is 1.86. The largest absolute Gasteiger partial charge is 0.389 e. The first-order chi connectivity index (χ1) is 10.6. The molecule has 9 heteroatoms. The lowest BCUT2D eigenvalue weighted by Crippen LogP contribution is -2.03. The highest BCUT2D eigenvalue weighted by atomic mass is 19.1. The van der Waals surface area contributed by atoms with Gasteiger partial charge in [0.2, 0.25) is 11.7 Å². The smallest absolute Gasteiger partial charge is 0.358 e. The van der Waals surface area contributed by atoms with Crippen LogP contribution in [0.1, 0.15) is 5.89 Å². The molecule has 0 aliphatic rings. The fourth-order valence-corrected chi connectivity index (χ4v) is 1.86. The molecule has 0 spiro atoms. The number of hydrogen-bond acceptors (Lipinski definition) is 6. The Morgan fingerprint density at radius 1 is 1.27 bits per heavy atom. The zero-order chi connectivity index (χ0) is 15.5. The van der Waals surface area contributed by atoms with E-state index in [9.17, 15) is 14.5 Å². The van der Waals surface area contributed by atoms with Crippen LogP contribution in [0.4, 0.5) is 10.2 Å². The molecule has 0 unspecified atom stereocenters. The summed E-state index contributed by atoms with van der Waals surface area (Å²) in [7, 11) is 0. The summed E-state index contributed by atoms with van der Waals surface area (Å²) in [5.41, 5.74) is 0.645. The summed E-state index contributed by atoms with van der Waals surface area (Å²) in [6, 6.07) is 7.06. The highest BCUT2D eigenvalue weighted by Crippen LogP contribution is 2.16. The van der Waals surface area contributed by atoms with Gasteiger partial charge in [0, 0.05) is 12.0 Å². The van der Waals surface area contributed by atoms with Gasteiger partial charge in [-0.1, -0.05) is 5.16 Å². The predicted molar refractivity (Wildman–Crippen MR) is 72.3 cm³/mol. The molecular formula is C13H10FN5O3. The lowest BCUT2D eigenvalue weighted by atomic mass is 10.2. The van der Waals surface area contributed by atoms with Crippen LogP contribution < -0.4 is 0 Å².